The fourth-order valence-electron chi connectivity index (χ4n) is 1.42. The molecule has 0 spiro atoms. The maximum atomic E-state index is 10.5. The van der Waals surface area contributed by atoms with Gasteiger partial charge in [-0.25, -0.2) is 0 Å². The molecule has 0 bridgehead atoms. The second kappa shape index (κ2) is 3.87. The van der Waals surface area contributed by atoms with Crippen LogP contribution in [0.2, 0.25) is 0 Å². The van der Waals surface area contributed by atoms with Crippen molar-refractivity contribution in [1.29, 1.82) is 0 Å². The maximum Gasteiger partial charge on any atom is 0.247 e. The summed E-state index contributed by atoms with van der Waals surface area (Å²) in [6.07, 6.45) is 0.172. The van der Waals surface area contributed by atoms with E-state index >= 15 is 0 Å². The van der Waals surface area contributed by atoms with Gasteiger partial charge in [0.2, 0.25) is 5.91 Å². The molecule has 4 heteroatoms. The SMILES string of the molecule is CCC1CN(CC(O)C(N)=O)C1. The van der Waals surface area contributed by atoms with Crippen LogP contribution < -0.4 is 5.73 Å². The van der Waals surface area contributed by atoms with E-state index < -0.39 is 12.0 Å². The molecule has 1 amide bonds. The van der Waals surface area contributed by atoms with Crippen LogP contribution in [0.3, 0.4) is 0 Å². The lowest BCUT2D eigenvalue weighted by Crippen LogP contribution is -2.51. The van der Waals surface area contributed by atoms with Crippen molar-refractivity contribution in [1.82, 2.24) is 4.90 Å². The molecule has 70 valence electrons. The third-order valence-electron chi connectivity index (χ3n) is 2.37. The first-order valence-electron chi connectivity index (χ1n) is 4.33. The van der Waals surface area contributed by atoms with Crippen LogP contribution in [0, 0.1) is 5.92 Å². The fraction of sp³-hybridized carbons (Fsp3) is 0.875. The number of nitrogens with zero attached hydrogens (tertiary/aromatic N) is 1. The van der Waals surface area contributed by atoms with Crippen molar-refractivity contribution in [2.45, 2.75) is 19.4 Å². The molecule has 1 saturated heterocycles. The van der Waals surface area contributed by atoms with Gasteiger partial charge in [-0.05, 0) is 5.92 Å². The van der Waals surface area contributed by atoms with Crippen molar-refractivity contribution in [3.05, 3.63) is 0 Å². The predicted molar refractivity (Wildman–Crippen MR) is 45.4 cm³/mol. The Labute approximate surface area is 72.3 Å². The van der Waals surface area contributed by atoms with Gasteiger partial charge >= 0.3 is 0 Å². The molecule has 1 rings (SSSR count). The molecule has 0 saturated carbocycles. The first-order chi connectivity index (χ1) is 5.63. The molecule has 0 aromatic heterocycles. The smallest absolute Gasteiger partial charge is 0.247 e. The molecule has 0 radical (unpaired) electrons. The van der Waals surface area contributed by atoms with E-state index in [1.54, 1.807) is 0 Å². The topological polar surface area (TPSA) is 66.6 Å². The normalized spacial score (nSPS) is 21.8. The molecule has 1 heterocycles. The average Bonchev–Trinajstić information content (AvgIpc) is 1.94. The van der Waals surface area contributed by atoms with Gasteiger partial charge in [-0.3, -0.25) is 9.69 Å². The lowest BCUT2D eigenvalue weighted by Gasteiger charge is -2.39. The van der Waals surface area contributed by atoms with Crippen LogP contribution in [-0.2, 0) is 4.79 Å². The third kappa shape index (κ3) is 2.19. The minimum absolute atomic E-state index is 0.395. The number of β-amino-alcohol motifs (C(OH)–C–C–N with tert-alkyl or cyclic N) is 1. The van der Waals surface area contributed by atoms with Crippen molar-refractivity contribution >= 4 is 5.91 Å². The van der Waals surface area contributed by atoms with E-state index in [1.807, 2.05) is 4.90 Å². The minimum Gasteiger partial charge on any atom is -0.382 e. The number of aliphatic hydroxyl groups is 1. The number of aliphatic hydroxyl groups excluding tert-OH is 1. The van der Waals surface area contributed by atoms with Gasteiger partial charge in [-0.1, -0.05) is 13.3 Å². The van der Waals surface area contributed by atoms with Gasteiger partial charge in [0.1, 0.15) is 6.10 Å². The molecular formula is C8H16N2O2. The molecule has 12 heavy (non-hydrogen) atoms. The quantitative estimate of drug-likeness (QED) is 0.582. The Morgan fingerprint density at radius 1 is 1.75 bits per heavy atom. The molecule has 1 aliphatic heterocycles. The Hall–Kier alpha value is -0.610. The van der Waals surface area contributed by atoms with Crippen LogP contribution in [0.4, 0.5) is 0 Å². The first-order valence-corrected chi connectivity index (χ1v) is 4.33. The van der Waals surface area contributed by atoms with Crippen LogP contribution in [0.25, 0.3) is 0 Å². The van der Waals surface area contributed by atoms with Gasteiger partial charge in [0.05, 0.1) is 0 Å². The van der Waals surface area contributed by atoms with E-state index in [1.165, 1.54) is 6.42 Å². The zero-order valence-electron chi connectivity index (χ0n) is 7.36. The number of carbonyl (C=O) groups excluding carboxylic acids is 1. The van der Waals surface area contributed by atoms with Crippen LogP contribution in [-0.4, -0.2) is 41.7 Å². The third-order valence-corrected chi connectivity index (χ3v) is 2.37. The van der Waals surface area contributed by atoms with Gasteiger partial charge in [0.15, 0.2) is 0 Å². The van der Waals surface area contributed by atoms with Crippen molar-refractivity contribution in [2.75, 3.05) is 19.6 Å². The summed E-state index contributed by atoms with van der Waals surface area (Å²) >= 11 is 0. The van der Waals surface area contributed by atoms with Gasteiger partial charge < -0.3 is 10.8 Å². The predicted octanol–water partition coefficient (Wildman–Crippen LogP) is -0.826. The number of hydrogen-bond donors (Lipinski definition) is 2. The number of carbonyl (C=O) groups is 1. The first kappa shape index (κ1) is 9.48. The van der Waals surface area contributed by atoms with Crippen molar-refractivity contribution in [2.24, 2.45) is 11.7 Å². The lowest BCUT2D eigenvalue weighted by atomic mass is 9.97. The Morgan fingerprint density at radius 2 is 2.33 bits per heavy atom. The Bertz CT molecular complexity index is 166. The van der Waals surface area contributed by atoms with Gasteiger partial charge in [0, 0.05) is 19.6 Å². The second-order valence-electron chi connectivity index (χ2n) is 3.41. The highest BCUT2D eigenvalue weighted by Crippen LogP contribution is 2.18. The minimum atomic E-state index is -0.997. The monoisotopic (exact) mass is 172 g/mol. The summed E-state index contributed by atoms with van der Waals surface area (Å²) in [4.78, 5) is 12.5. The van der Waals surface area contributed by atoms with E-state index in [0.29, 0.717) is 6.54 Å². The number of primary amides is 1. The number of rotatable bonds is 4. The van der Waals surface area contributed by atoms with Crippen LogP contribution in [0.1, 0.15) is 13.3 Å². The van der Waals surface area contributed by atoms with Gasteiger partial charge in [-0.15, -0.1) is 0 Å². The highest BCUT2D eigenvalue weighted by Gasteiger charge is 2.27. The molecule has 3 N–H and O–H groups in total. The van der Waals surface area contributed by atoms with E-state index in [9.17, 15) is 4.79 Å². The van der Waals surface area contributed by atoms with E-state index in [4.69, 9.17) is 10.8 Å². The van der Waals surface area contributed by atoms with E-state index in [2.05, 4.69) is 6.92 Å². The summed E-state index contributed by atoms with van der Waals surface area (Å²) in [6, 6.07) is 0. The van der Waals surface area contributed by atoms with Crippen LogP contribution in [0.5, 0.6) is 0 Å². The Morgan fingerprint density at radius 3 is 2.75 bits per heavy atom. The average molecular weight is 172 g/mol. The zero-order chi connectivity index (χ0) is 9.14. The molecule has 1 aliphatic rings. The Kier molecular flexibility index (Phi) is 3.05. The number of amides is 1. The molecule has 0 aromatic rings. The molecular weight excluding hydrogens is 156 g/mol. The summed E-state index contributed by atoms with van der Waals surface area (Å²) < 4.78 is 0. The molecule has 0 aromatic carbocycles. The van der Waals surface area contributed by atoms with E-state index in [0.717, 1.165) is 19.0 Å². The highest BCUT2D eigenvalue weighted by atomic mass is 16.3. The molecule has 1 fully saturated rings. The Balaban J connectivity index is 2.14. The van der Waals surface area contributed by atoms with Crippen molar-refractivity contribution < 1.29 is 9.90 Å². The van der Waals surface area contributed by atoms with Gasteiger partial charge in [0.25, 0.3) is 0 Å². The molecule has 1 atom stereocenters. The standard InChI is InChI=1S/C8H16N2O2/c1-2-6-3-10(4-6)5-7(11)8(9)12/h6-7,11H,2-5H2,1H3,(H2,9,12). The molecule has 4 nitrogen and oxygen atoms in total. The molecule has 0 aliphatic carbocycles. The van der Waals surface area contributed by atoms with Crippen LogP contribution in [0.15, 0.2) is 0 Å². The summed E-state index contributed by atoms with van der Waals surface area (Å²) in [7, 11) is 0. The second-order valence-corrected chi connectivity index (χ2v) is 3.41. The summed E-state index contributed by atoms with van der Waals surface area (Å²) in [5.74, 6) is 0.111. The zero-order valence-corrected chi connectivity index (χ0v) is 7.36. The maximum absolute atomic E-state index is 10.5. The number of hydrogen-bond acceptors (Lipinski definition) is 3. The van der Waals surface area contributed by atoms with Crippen molar-refractivity contribution in [3.8, 4) is 0 Å². The summed E-state index contributed by atoms with van der Waals surface area (Å²) in [6.45, 7) is 4.51. The molecule has 1 unspecified atom stereocenters. The lowest BCUT2D eigenvalue weighted by molar-refractivity contribution is -0.127. The van der Waals surface area contributed by atoms with Gasteiger partial charge in [-0.2, -0.15) is 0 Å². The number of likely N-dealkylation sites (tertiary alicyclic amines) is 1. The highest BCUT2D eigenvalue weighted by molar-refractivity contribution is 5.78. The van der Waals surface area contributed by atoms with E-state index in [-0.39, 0.29) is 0 Å². The summed E-state index contributed by atoms with van der Waals surface area (Å²) in [5.41, 5.74) is 4.91. The fourth-order valence-corrected chi connectivity index (χ4v) is 1.42. The largest absolute Gasteiger partial charge is 0.382 e. The van der Waals surface area contributed by atoms with Crippen LogP contribution >= 0.6 is 0 Å². The van der Waals surface area contributed by atoms with Crippen molar-refractivity contribution in [3.63, 3.8) is 0 Å². The summed E-state index contributed by atoms with van der Waals surface area (Å²) in [5, 5.41) is 9.10. The number of nitrogens with two attached hydrogens (primary N) is 1.